The maximum Gasteiger partial charge on any atom is 0.178 e. The van der Waals surface area contributed by atoms with E-state index in [1.165, 1.54) is 0 Å². The summed E-state index contributed by atoms with van der Waals surface area (Å²) in [6.45, 7) is 4.55. The number of hydrogen-bond acceptors (Lipinski definition) is 4. The maximum atomic E-state index is 12.1. The van der Waals surface area contributed by atoms with Crippen molar-refractivity contribution in [3.05, 3.63) is 143 Å². The maximum absolute atomic E-state index is 12.1. The zero-order chi connectivity index (χ0) is 28.1. The molecule has 5 rings (SSSR count). The van der Waals surface area contributed by atoms with Gasteiger partial charge in [-0.3, -0.25) is 4.79 Å². The molecule has 0 saturated carbocycles. The van der Waals surface area contributed by atoms with Crippen LogP contribution in [-0.4, -0.2) is 22.6 Å². The Morgan fingerprint density at radius 1 is 0.750 bits per heavy atom. The highest BCUT2D eigenvalue weighted by atomic mass is 16.5. The Bertz CT molecular complexity index is 1690. The summed E-state index contributed by atoms with van der Waals surface area (Å²) in [4.78, 5) is 12.1. The lowest BCUT2D eigenvalue weighted by atomic mass is 9.82. The Kier molecular flexibility index (Phi) is 7.66. The molecule has 0 radical (unpaired) electrons. The average molecular weight is 525 g/mol. The van der Waals surface area contributed by atoms with Gasteiger partial charge in [0, 0.05) is 16.7 Å². The molecule has 1 aliphatic rings. The molecule has 4 heteroatoms. The summed E-state index contributed by atoms with van der Waals surface area (Å²) >= 11 is 0. The number of ether oxygens (including phenoxy) is 1. The van der Waals surface area contributed by atoms with Gasteiger partial charge in [-0.1, -0.05) is 60.4 Å². The topological polar surface area (TPSA) is 66.8 Å². The minimum absolute atomic E-state index is 0.0647. The molecule has 0 unspecified atom stereocenters. The van der Waals surface area contributed by atoms with Crippen LogP contribution in [0.4, 0.5) is 0 Å². The fourth-order valence-corrected chi connectivity index (χ4v) is 4.65. The molecule has 0 amide bonds. The molecular weight excluding hydrogens is 496 g/mol. The minimum Gasteiger partial charge on any atom is -0.508 e. The number of aryl methyl sites for hydroxylation is 1. The number of rotatable bonds is 5. The molecule has 0 spiro atoms. The van der Waals surface area contributed by atoms with E-state index in [-0.39, 0.29) is 17.3 Å². The van der Waals surface area contributed by atoms with Gasteiger partial charge in [-0.15, -0.1) is 0 Å². The van der Waals surface area contributed by atoms with Crippen LogP contribution >= 0.6 is 0 Å². The number of carbonyl (C=O) groups is 1. The van der Waals surface area contributed by atoms with E-state index in [9.17, 15) is 15.0 Å². The van der Waals surface area contributed by atoms with Gasteiger partial charge in [0.1, 0.15) is 17.2 Å². The molecule has 0 aromatic heterocycles. The molecule has 2 N–H and O–H groups in total. The monoisotopic (exact) mass is 524 g/mol. The third-order valence-electron chi connectivity index (χ3n) is 6.64. The lowest BCUT2D eigenvalue weighted by Gasteiger charge is -2.21. The first-order valence-electron chi connectivity index (χ1n) is 13.0. The first kappa shape index (κ1) is 26.3. The number of aromatic hydroxyl groups is 2. The van der Waals surface area contributed by atoms with Crippen molar-refractivity contribution >= 4 is 11.4 Å². The molecule has 4 aromatic carbocycles. The van der Waals surface area contributed by atoms with Gasteiger partial charge >= 0.3 is 0 Å². The van der Waals surface area contributed by atoms with Crippen LogP contribution in [0.3, 0.4) is 0 Å². The van der Waals surface area contributed by atoms with E-state index in [4.69, 9.17) is 4.74 Å². The van der Waals surface area contributed by atoms with Crippen LogP contribution in [0.15, 0.2) is 115 Å². The van der Waals surface area contributed by atoms with E-state index < -0.39 is 0 Å². The normalized spacial score (nSPS) is 12.2. The van der Waals surface area contributed by atoms with E-state index in [0.29, 0.717) is 6.61 Å². The SMILES string of the molecule is CCOc1ccc(C(=C2C=CC(=O)C=C2)c2c(-c3ccc(O)cc3)ccc(C)c2C#Cc2ccc(O)cc2)cc1. The third kappa shape index (κ3) is 5.75. The van der Waals surface area contributed by atoms with Gasteiger partial charge in [0.25, 0.3) is 0 Å². The lowest BCUT2D eigenvalue weighted by molar-refractivity contribution is -0.110. The van der Waals surface area contributed by atoms with Crippen molar-refractivity contribution in [3.8, 4) is 40.2 Å². The van der Waals surface area contributed by atoms with Crippen LogP contribution in [0.5, 0.6) is 17.2 Å². The van der Waals surface area contributed by atoms with Gasteiger partial charge in [-0.2, -0.15) is 0 Å². The number of carbonyl (C=O) groups excluding carboxylic acids is 1. The van der Waals surface area contributed by atoms with E-state index in [2.05, 4.69) is 17.9 Å². The highest BCUT2D eigenvalue weighted by molar-refractivity contribution is 6.04. The van der Waals surface area contributed by atoms with Gasteiger partial charge in [0.05, 0.1) is 6.61 Å². The molecular formula is C36H28O4. The van der Waals surface area contributed by atoms with E-state index in [1.54, 1.807) is 48.6 Å². The Labute approximate surface area is 234 Å². The average Bonchev–Trinajstić information content (AvgIpc) is 2.96. The molecule has 4 nitrogen and oxygen atoms in total. The number of hydrogen-bond donors (Lipinski definition) is 2. The minimum atomic E-state index is -0.0647. The third-order valence-corrected chi connectivity index (χ3v) is 6.64. The van der Waals surface area contributed by atoms with Crippen molar-refractivity contribution < 1.29 is 19.7 Å². The molecule has 0 bridgehead atoms. The van der Waals surface area contributed by atoms with Crippen LogP contribution in [0.2, 0.25) is 0 Å². The van der Waals surface area contributed by atoms with Crippen LogP contribution in [0, 0.1) is 18.8 Å². The second-order valence-electron chi connectivity index (χ2n) is 9.38. The predicted octanol–water partition coefficient (Wildman–Crippen LogP) is 7.37. The number of ketones is 1. The molecule has 0 heterocycles. The second-order valence-corrected chi connectivity index (χ2v) is 9.38. The van der Waals surface area contributed by atoms with Crippen molar-refractivity contribution in [1.29, 1.82) is 0 Å². The molecule has 0 fully saturated rings. The molecule has 196 valence electrons. The molecule has 0 atom stereocenters. The van der Waals surface area contributed by atoms with Crippen LogP contribution in [0.25, 0.3) is 16.7 Å². The summed E-state index contributed by atoms with van der Waals surface area (Å²) in [6.07, 6.45) is 6.83. The highest BCUT2D eigenvalue weighted by Crippen LogP contribution is 2.40. The zero-order valence-corrected chi connectivity index (χ0v) is 22.3. The number of phenolic OH excluding ortho intramolecular Hbond substituents is 2. The molecule has 0 aliphatic heterocycles. The van der Waals surface area contributed by atoms with Crippen LogP contribution in [-0.2, 0) is 4.79 Å². The van der Waals surface area contributed by atoms with Crippen molar-refractivity contribution in [2.75, 3.05) is 6.61 Å². The molecule has 4 aromatic rings. The Morgan fingerprint density at radius 3 is 2.00 bits per heavy atom. The van der Waals surface area contributed by atoms with E-state index >= 15 is 0 Å². The quantitative estimate of drug-likeness (QED) is 0.268. The van der Waals surface area contributed by atoms with E-state index in [0.717, 1.165) is 55.8 Å². The molecule has 40 heavy (non-hydrogen) atoms. The first-order valence-corrected chi connectivity index (χ1v) is 13.0. The van der Waals surface area contributed by atoms with Gasteiger partial charge in [-0.05, 0) is 108 Å². The Morgan fingerprint density at radius 2 is 1.38 bits per heavy atom. The van der Waals surface area contributed by atoms with Gasteiger partial charge in [0.15, 0.2) is 5.78 Å². The smallest absolute Gasteiger partial charge is 0.178 e. The first-order chi connectivity index (χ1) is 19.4. The summed E-state index contributed by atoms with van der Waals surface area (Å²) in [7, 11) is 0. The van der Waals surface area contributed by atoms with Gasteiger partial charge in [0.2, 0.25) is 0 Å². The summed E-state index contributed by atoms with van der Waals surface area (Å²) in [5.74, 6) is 7.76. The second kappa shape index (κ2) is 11.6. The van der Waals surface area contributed by atoms with Crippen molar-refractivity contribution in [3.63, 3.8) is 0 Å². The molecule has 0 saturated heterocycles. The van der Waals surface area contributed by atoms with Crippen molar-refractivity contribution in [2.24, 2.45) is 0 Å². The van der Waals surface area contributed by atoms with Crippen LogP contribution in [0.1, 0.15) is 34.7 Å². The number of benzene rings is 4. The van der Waals surface area contributed by atoms with Gasteiger partial charge < -0.3 is 14.9 Å². The van der Waals surface area contributed by atoms with Crippen LogP contribution < -0.4 is 4.74 Å². The highest BCUT2D eigenvalue weighted by Gasteiger charge is 2.21. The van der Waals surface area contributed by atoms with E-state index in [1.807, 2.05) is 68.5 Å². The number of allylic oxidation sites excluding steroid dienone is 5. The summed E-state index contributed by atoms with van der Waals surface area (Å²) in [5, 5.41) is 19.7. The predicted molar refractivity (Wildman–Crippen MR) is 159 cm³/mol. The largest absolute Gasteiger partial charge is 0.508 e. The zero-order valence-electron chi connectivity index (χ0n) is 22.3. The molecule has 1 aliphatic carbocycles. The van der Waals surface area contributed by atoms with Crippen molar-refractivity contribution in [1.82, 2.24) is 0 Å². The fraction of sp³-hybridized carbons (Fsp3) is 0.0833. The summed E-state index contributed by atoms with van der Waals surface area (Å²) in [6, 6.07) is 26.0. The Hall–Kier alpha value is -5.27. The number of phenols is 2. The van der Waals surface area contributed by atoms with Gasteiger partial charge in [-0.25, -0.2) is 0 Å². The lowest BCUT2D eigenvalue weighted by Crippen LogP contribution is -2.03. The van der Waals surface area contributed by atoms with Crippen molar-refractivity contribution in [2.45, 2.75) is 13.8 Å². The Balaban J connectivity index is 1.83. The summed E-state index contributed by atoms with van der Waals surface area (Å²) in [5.41, 5.74) is 8.13. The standard InChI is InChI=1S/C36H28O4/c1-3-40-32-20-12-28(13-21-32)35(27-10-18-31(39)19-11-27)36-33(23-7-25-5-14-29(37)15-6-25)24(2)4-22-34(36)26-8-16-30(38)17-9-26/h4-6,8-22,37-38H,3H2,1-2H3. The fourth-order valence-electron chi connectivity index (χ4n) is 4.65. The summed E-state index contributed by atoms with van der Waals surface area (Å²) < 4.78 is 5.70.